The van der Waals surface area contributed by atoms with E-state index in [-0.39, 0.29) is 17.4 Å². The van der Waals surface area contributed by atoms with Crippen molar-refractivity contribution in [2.24, 2.45) is 5.92 Å². The quantitative estimate of drug-likeness (QED) is 0.777. The van der Waals surface area contributed by atoms with Crippen molar-refractivity contribution in [2.75, 3.05) is 6.61 Å². The summed E-state index contributed by atoms with van der Waals surface area (Å²) >= 11 is 0. The van der Waals surface area contributed by atoms with Crippen LogP contribution in [-0.4, -0.2) is 31.7 Å². The lowest BCUT2D eigenvalue weighted by atomic mass is 9.95. The summed E-state index contributed by atoms with van der Waals surface area (Å²) in [7, 11) is -3.72. The van der Waals surface area contributed by atoms with Crippen LogP contribution in [0.2, 0.25) is 0 Å². The summed E-state index contributed by atoms with van der Waals surface area (Å²) in [5.41, 5.74) is -0.486. The maximum Gasteiger partial charge on any atom is 0.190 e. The lowest BCUT2D eigenvalue weighted by molar-refractivity contribution is -0.119. The van der Waals surface area contributed by atoms with Crippen LogP contribution in [0.25, 0.3) is 0 Å². The maximum absolute atomic E-state index is 12.6. The van der Waals surface area contributed by atoms with Crippen molar-refractivity contribution < 1.29 is 17.9 Å². The second-order valence-corrected chi connectivity index (χ2v) is 8.16. The van der Waals surface area contributed by atoms with Crippen LogP contribution in [0.15, 0.2) is 35.2 Å². The largest absolute Gasteiger partial charge is 0.373 e. The molecule has 5 heteroatoms. The monoisotopic (exact) mass is 312 g/mol. The average molecular weight is 312 g/mol. The third kappa shape index (κ3) is 4.38. The van der Waals surface area contributed by atoms with Gasteiger partial charge in [0.15, 0.2) is 15.6 Å². The molecule has 0 radical (unpaired) electrons. The number of sulfone groups is 1. The zero-order valence-corrected chi connectivity index (χ0v) is 14.1. The Morgan fingerprint density at radius 3 is 2.14 bits per heavy atom. The lowest BCUT2D eigenvalue weighted by Crippen LogP contribution is -2.39. The van der Waals surface area contributed by atoms with E-state index in [9.17, 15) is 13.2 Å². The molecule has 0 aliphatic rings. The highest BCUT2D eigenvalue weighted by Crippen LogP contribution is 2.23. The fourth-order valence-electron chi connectivity index (χ4n) is 1.66. The lowest BCUT2D eigenvalue weighted by Gasteiger charge is -2.31. The van der Waals surface area contributed by atoms with Gasteiger partial charge >= 0.3 is 0 Å². The number of Topliss-reactive ketones (excluding diaryl/α,β-unsaturated/α-hetero) is 1. The average Bonchev–Trinajstić information content (AvgIpc) is 2.38. The second kappa shape index (κ2) is 6.71. The van der Waals surface area contributed by atoms with Gasteiger partial charge in [0, 0.05) is 0 Å². The molecule has 1 rings (SSSR count). The van der Waals surface area contributed by atoms with Crippen molar-refractivity contribution in [1.82, 2.24) is 0 Å². The molecule has 0 N–H and O–H groups in total. The van der Waals surface area contributed by atoms with E-state index in [0.29, 0.717) is 0 Å². The molecule has 0 saturated heterocycles. The predicted molar refractivity (Wildman–Crippen MR) is 83.0 cm³/mol. The fraction of sp³-hybridized carbons (Fsp3) is 0.562. The van der Waals surface area contributed by atoms with Crippen LogP contribution in [0, 0.1) is 5.92 Å². The Kier molecular flexibility index (Phi) is 5.70. The molecule has 0 aromatic heterocycles. The number of rotatable bonds is 7. The molecule has 118 valence electrons. The fourth-order valence-corrected chi connectivity index (χ4v) is 3.21. The molecule has 21 heavy (non-hydrogen) atoms. The molecule has 0 fully saturated rings. The third-order valence-corrected chi connectivity index (χ3v) is 6.04. The van der Waals surface area contributed by atoms with Crippen molar-refractivity contribution >= 4 is 15.6 Å². The highest BCUT2D eigenvalue weighted by atomic mass is 32.2. The van der Waals surface area contributed by atoms with Crippen molar-refractivity contribution in [2.45, 2.75) is 50.4 Å². The van der Waals surface area contributed by atoms with Gasteiger partial charge in [-0.3, -0.25) is 4.79 Å². The minimum atomic E-state index is -3.72. The maximum atomic E-state index is 12.6. The smallest absolute Gasteiger partial charge is 0.190 e. The van der Waals surface area contributed by atoms with Gasteiger partial charge in [0.1, 0.15) is 5.25 Å². The zero-order valence-electron chi connectivity index (χ0n) is 13.3. The minimum absolute atomic E-state index is 0.127. The Labute approximate surface area is 127 Å². The van der Waals surface area contributed by atoms with Crippen LogP contribution < -0.4 is 0 Å². The van der Waals surface area contributed by atoms with Crippen LogP contribution >= 0.6 is 0 Å². The Bertz CT molecular complexity index is 574. The van der Waals surface area contributed by atoms with E-state index in [1.165, 1.54) is 19.1 Å². The molecule has 0 aliphatic carbocycles. The van der Waals surface area contributed by atoms with E-state index in [0.717, 1.165) is 0 Å². The first kappa shape index (κ1) is 17.9. The highest BCUT2D eigenvalue weighted by molar-refractivity contribution is 7.92. The molecule has 1 atom stereocenters. The van der Waals surface area contributed by atoms with E-state index in [1.54, 1.807) is 18.2 Å². The number of carbonyl (C=O) groups is 1. The van der Waals surface area contributed by atoms with E-state index < -0.39 is 26.5 Å². The summed E-state index contributed by atoms with van der Waals surface area (Å²) in [6.45, 7) is 8.94. The summed E-state index contributed by atoms with van der Waals surface area (Å²) in [4.78, 5) is 11.9. The van der Waals surface area contributed by atoms with Crippen molar-refractivity contribution in [3.63, 3.8) is 0 Å². The molecule has 0 amide bonds. The van der Waals surface area contributed by atoms with E-state index in [2.05, 4.69) is 0 Å². The summed E-state index contributed by atoms with van der Waals surface area (Å²) in [6.07, 6.45) is 0. The molecule has 0 aliphatic heterocycles. The molecule has 0 heterocycles. The van der Waals surface area contributed by atoms with E-state index >= 15 is 0 Å². The molecule has 1 aromatic carbocycles. The number of ether oxygens (including phenoxy) is 1. The first-order valence-corrected chi connectivity index (χ1v) is 8.57. The summed E-state index contributed by atoms with van der Waals surface area (Å²) in [6, 6.07) is 8.02. The topological polar surface area (TPSA) is 60.4 Å². The number of hydrogen-bond acceptors (Lipinski definition) is 4. The van der Waals surface area contributed by atoms with Crippen LogP contribution in [0.5, 0.6) is 0 Å². The number of hydrogen-bond donors (Lipinski definition) is 0. The predicted octanol–water partition coefficient (Wildman–Crippen LogP) is 2.87. The van der Waals surface area contributed by atoms with Gasteiger partial charge < -0.3 is 4.74 Å². The number of ketones is 1. The standard InChI is InChI=1S/C16H24O4S/c1-12(2)16(4,5)20-11-15(13(3)17)21(18,19)14-9-7-6-8-10-14/h6-10,12,15H,11H2,1-5H3. The first-order chi connectivity index (χ1) is 9.59. The molecule has 0 bridgehead atoms. The second-order valence-electron chi connectivity index (χ2n) is 6.03. The van der Waals surface area contributed by atoms with Gasteiger partial charge in [-0.25, -0.2) is 8.42 Å². The summed E-state index contributed by atoms with van der Waals surface area (Å²) in [5, 5.41) is -1.17. The SMILES string of the molecule is CC(=O)C(COC(C)(C)C(C)C)S(=O)(=O)c1ccccc1. The van der Waals surface area contributed by atoms with Crippen LogP contribution in [0.4, 0.5) is 0 Å². The molecule has 0 saturated carbocycles. The van der Waals surface area contributed by atoms with Crippen LogP contribution in [0.1, 0.15) is 34.6 Å². The first-order valence-electron chi connectivity index (χ1n) is 7.02. The number of benzene rings is 1. The molecule has 1 unspecified atom stereocenters. The zero-order chi connectivity index (χ0) is 16.3. The van der Waals surface area contributed by atoms with Gasteiger partial charge in [-0.1, -0.05) is 32.0 Å². The Morgan fingerprint density at radius 2 is 1.71 bits per heavy atom. The van der Waals surface area contributed by atoms with Gasteiger partial charge in [-0.15, -0.1) is 0 Å². The van der Waals surface area contributed by atoms with Crippen LogP contribution in [0.3, 0.4) is 0 Å². The van der Waals surface area contributed by atoms with Crippen molar-refractivity contribution in [1.29, 1.82) is 0 Å². The highest BCUT2D eigenvalue weighted by Gasteiger charge is 2.34. The van der Waals surface area contributed by atoms with Gasteiger partial charge in [-0.2, -0.15) is 0 Å². The van der Waals surface area contributed by atoms with Gasteiger partial charge in [-0.05, 0) is 38.8 Å². The molecule has 0 spiro atoms. The van der Waals surface area contributed by atoms with Gasteiger partial charge in [0.05, 0.1) is 17.1 Å². The molecule has 4 nitrogen and oxygen atoms in total. The van der Waals surface area contributed by atoms with Crippen molar-refractivity contribution in [3.05, 3.63) is 30.3 Å². The Hall–Kier alpha value is -1.20. The molecule has 1 aromatic rings. The minimum Gasteiger partial charge on any atom is -0.373 e. The number of carbonyl (C=O) groups excluding carboxylic acids is 1. The Morgan fingerprint density at radius 1 is 1.19 bits per heavy atom. The molecular weight excluding hydrogens is 288 g/mol. The van der Waals surface area contributed by atoms with Gasteiger partial charge in [0.2, 0.25) is 0 Å². The normalized spacial score (nSPS) is 14.2. The summed E-state index contributed by atoms with van der Waals surface area (Å²) in [5.74, 6) is -0.192. The van der Waals surface area contributed by atoms with Crippen molar-refractivity contribution in [3.8, 4) is 0 Å². The third-order valence-electron chi connectivity index (χ3n) is 3.90. The van der Waals surface area contributed by atoms with E-state index in [1.807, 2.05) is 27.7 Å². The summed E-state index contributed by atoms with van der Waals surface area (Å²) < 4.78 is 30.8. The van der Waals surface area contributed by atoms with E-state index in [4.69, 9.17) is 4.74 Å². The van der Waals surface area contributed by atoms with Crippen LogP contribution in [-0.2, 0) is 19.4 Å². The molecular formula is C16H24O4S. The Balaban J connectivity index is 3.01. The van der Waals surface area contributed by atoms with Gasteiger partial charge in [0.25, 0.3) is 0 Å².